The predicted molar refractivity (Wildman–Crippen MR) is 98.8 cm³/mol. The van der Waals surface area contributed by atoms with Crippen molar-refractivity contribution in [2.75, 3.05) is 0 Å². The Bertz CT molecular complexity index is 924. The second-order valence-electron chi connectivity index (χ2n) is 8.41. The molecule has 0 radical (unpaired) electrons. The molecule has 4 aliphatic rings. The third kappa shape index (κ3) is 2.49. The molecule has 2 aromatic rings. The zero-order valence-corrected chi connectivity index (χ0v) is 14.6. The van der Waals surface area contributed by atoms with Crippen molar-refractivity contribution in [2.45, 2.75) is 38.5 Å². The fourth-order valence-corrected chi connectivity index (χ4v) is 5.85. The van der Waals surface area contributed by atoms with Gasteiger partial charge in [0.1, 0.15) is 11.8 Å². The maximum absolute atomic E-state index is 12.9. The first-order valence-electron chi connectivity index (χ1n) is 9.47. The molecule has 0 unspecified atom stereocenters. The highest BCUT2D eigenvalue weighted by molar-refractivity contribution is 5.88. The van der Waals surface area contributed by atoms with E-state index in [4.69, 9.17) is 4.42 Å². The first-order chi connectivity index (χ1) is 12.6. The lowest BCUT2D eigenvalue weighted by Crippen LogP contribution is -2.52. The van der Waals surface area contributed by atoms with Gasteiger partial charge in [0.25, 0.3) is 0 Å². The SMILES string of the molecule is O=C(NN=Cc1coc2ccccc2c1=O)C12CC3CC(CC(C3)C1)C2. The number of nitrogens with zero attached hydrogens (tertiary/aromatic N) is 1. The van der Waals surface area contributed by atoms with Crippen LogP contribution in [0.15, 0.2) is 44.8 Å². The Kier molecular flexibility index (Phi) is 3.52. The van der Waals surface area contributed by atoms with Gasteiger partial charge in [0.2, 0.25) is 11.3 Å². The van der Waals surface area contributed by atoms with Gasteiger partial charge in [-0.2, -0.15) is 5.10 Å². The molecule has 1 heterocycles. The van der Waals surface area contributed by atoms with Crippen LogP contribution in [-0.4, -0.2) is 12.1 Å². The molecule has 1 aromatic carbocycles. The first kappa shape index (κ1) is 15.8. The summed E-state index contributed by atoms with van der Waals surface area (Å²) in [7, 11) is 0. The van der Waals surface area contributed by atoms with Gasteiger partial charge in [-0.05, 0) is 68.4 Å². The number of rotatable bonds is 3. The molecule has 4 bridgehead atoms. The van der Waals surface area contributed by atoms with Crippen molar-refractivity contribution in [3.8, 4) is 0 Å². The van der Waals surface area contributed by atoms with Gasteiger partial charge in [-0.1, -0.05) is 12.1 Å². The zero-order valence-electron chi connectivity index (χ0n) is 14.6. The summed E-state index contributed by atoms with van der Waals surface area (Å²) in [5.74, 6) is 2.16. The summed E-state index contributed by atoms with van der Waals surface area (Å²) >= 11 is 0. The van der Waals surface area contributed by atoms with Crippen LogP contribution < -0.4 is 10.9 Å². The molecule has 5 nitrogen and oxygen atoms in total. The van der Waals surface area contributed by atoms with Gasteiger partial charge in [0.05, 0.1) is 22.6 Å². The molecule has 134 valence electrons. The van der Waals surface area contributed by atoms with E-state index in [0.29, 0.717) is 34.3 Å². The molecule has 1 N–H and O–H groups in total. The van der Waals surface area contributed by atoms with Gasteiger partial charge in [-0.25, -0.2) is 5.43 Å². The maximum atomic E-state index is 12.9. The minimum Gasteiger partial charge on any atom is -0.463 e. The maximum Gasteiger partial charge on any atom is 0.246 e. The zero-order chi connectivity index (χ0) is 17.7. The Hall–Kier alpha value is -2.43. The van der Waals surface area contributed by atoms with E-state index < -0.39 is 0 Å². The van der Waals surface area contributed by atoms with Crippen LogP contribution in [0.1, 0.15) is 44.1 Å². The van der Waals surface area contributed by atoms with Crippen molar-refractivity contribution in [1.82, 2.24) is 5.43 Å². The van der Waals surface area contributed by atoms with Gasteiger partial charge in [-0.15, -0.1) is 0 Å². The first-order valence-corrected chi connectivity index (χ1v) is 9.47. The molecule has 6 rings (SSSR count). The smallest absolute Gasteiger partial charge is 0.246 e. The van der Waals surface area contributed by atoms with Crippen LogP contribution in [0.5, 0.6) is 0 Å². The summed E-state index contributed by atoms with van der Waals surface area (Å²) in [5.41, 5.74) is 3.23. The molecule has 4 saturated carbocycles. The minimum atomic E-state index is -0.236. The molecule has 1 aromatic heterocycles. The normalized spacial score (nSPS) is 32.4. The van der Waals surface area contributed by atoms with E-state index in [1.54, 1.807) is 18.2 Å². The number of hydrogen-bond acceptors (Lipinski definition) is 4. The summed E-state index contributed by atoms with van der Waals surface area (Å²) in [4.78, 5) is 25.3. The van der Waals surface area contributed by atoms with E-state index in [1.807, 2.05) is 6.07 Å². The molecule has 26 heavy (non-hydrogen) atoms. The Labute approximate surface area is 151 Å². The molecule has 5 heteroatoms. The largest absolute Gasteiger partial charge is 0.463 e. The second kappa shape index (κ2) is 5.79. The van der Waals surface area contributed by atoms with E-state index in [-0.39, 0.29) is 16.8 Å². The molecule has 0 spiro atoms. The van der Waals surface area contributed by atoms with Crippen molar-refractivity contribution in [1.29, 1.82) is 0 Å². The summed E-state index contributed by atoms with van der Waals surface area (Å²) in [5, 5.41) is 4.60. The van der Waals surface area contributed by atoms with Crippen molar-refractivity contribution in [3.63, 3.8) is 0 Å². The highest BCUT2D eigenvalue weighted by Crippen LogP contribution is 2.60. The van der Waals surface area contributed by atoms with Crippen LogP contribution in [0.3, 0.4) is 0 Å². The summed E-state index contributed by atoms with van der Waals surface area (Å²) in [6.45, 7) is 0. The molecular formula is C21H22N2O3. The van der Waals surface area contributed by atoms with E-state index in [1.165, 1.54) is 31.7 Å². The number of carbonyl (C=O) groups is 1. The fraction of sp³-hybridized carbons (Fsp3) is 0.476. The number of hydrazone groups is 1. The second-order valence-corrected chi connectivity index (χ2v) is 8.41. The van der Waals surface area contributed by atoms with Crippen LogP contribution in [0.25, 0.3) is 11.0 Å². The Morgan fingerprint density at radius 2 is 1.77 bits per heavy atom. The summed E-state index contributed by atoms with van der Waals surface area (Å²) in [6.07, 6.45) is 9.69. The van der Waals surface area contributed by atoms with Crippen molar-refractivity contribution in [2.24, 2.45) is 28.3 Å². The van der Waals surface area contributed by atoms with E-state index in [9.17, 15) is 9.59 Å². The van der Waals surface area contributed by atoms with Gasteiger partial charge in [0.15, 0.2) is 0 Å². The molecular weight excluding hydrogens is 328 g/mol. The number of amides is 1. The number of nitrogens with one attached hydrogen (secondary N) is 1. The van der Waals surface area contributed by atoms with Crippen LogP contribution in [0.2, 0.25) is 0 Å². The third-order valence-corrected chi connectivity index (χ3v) is 6.60. The molecule has 0 atom stereocenters. The molecule has 1 amide bonds. The molecule has 4 fully saturated rings. The number of hydrogen-bond donors (Lipinski definition) is 1. The monoisotopic (exact) mass is 350 g/mol. The Morgan fingerprint density at radius 3 is 2.46 bits per heavy atom. The highest BCUT2D eigenvalue weighted by Gasteiger charge is 2.54. The number of benzene rings is 1. The number of fused-ring (bicyclic) bond motifs is 1. The van der Waals surface area contributed by atoms with Crippen LogP contribution in [-0.2, 0) is 4.79 Å². The quantitative estimate of drug-likeness (QED) is 0.681. The Balaban J connectivity index is 1.34. The van der Waals surface area contributed by atoms with Crippen LogP contribution >= 0.6 is 0 Å². The van der Waals surface area contributed by atoms with Crippen LogP contribution in [0, 0.1) is 23.2 Å². The van der Waals surface area contributed by atoms with Gasteiger partial charge >= 0.3 is 0 Å². The molecule has 0 aliphatic heterocycles. The van der Waals surface area contributed by atoms with Crippen molar-refractivity contribution < 1.29 is 9.21 Å². The highest BCUT2D eigenvalue weighted by atomic mass is 16.3. The van der Waals surface area contributed by atoms with Crippen LogP contribution in [0.4, 0.5) is 0 Å². The Morgan fingerprint density at radius 1 is 1.12 bits per heavy atom. The van der Waals surface area contributed by atoms with E-state index >= 15 is 0 Å². The topological polar surface area (TPSA) is 71.7 Å². The summed E-state index contributed by atoms with van der Waals surface area (Å²) in [6, 6.07) is 7.11. The molecule has 4 aliphatic carbocycles. The fourth-order valence-electron chi connectivity index (χ4n) is 5.85. The molecule has 0 saturated heterocycles. The minimum absolute atomic E-state index is 0.0260. The lowest BCUT2D eigenvalue weighted by atomic mass is 9.49. The average molecular weight is 350 g/mol. The van der Waals surface area contributed by atoms with Gasteiger partial charge in [-0.3, -0.25) is 9.59 Å². The lowest BCUT2D eigenvalue weighted by molar-refractivity contribution is -0.146. The van der Waals surface area contributed by atoms with Gasteiger partial charge < -0.3 is 4.42 Å². The third-order valence-electron chi connectivity index (χ3n) is 6.60. The van der Waals surface area contributed by atoms with E-state index in [0.717, 1.165) is 19.3 Å². The lowest BCUT2D eigenvalue weighted by Gasteiger charge is -2.55. The number of carbonyl (C=O) groups excluding carboxylic acids is 1. The van der Waals surface area contributed by atoms with Gasteiger partial charge in [0, 0.05) is 0 Å². The summed E-state index contributed by atoms with van der Waals surface area (Å²) < 4.78 is 5.48. The average Bonchev–Trinajstić information content (AvgIpc) is 2.62. The van der Waals surface area contributed by atoms with Crippen molar-refractivity contribution >= 4 is 23.1 Å². The number of para-hydroxylation sites is 1. The standard InChI is InChI=1S/C21H22N2O3/c24-19-16(12-26-18-4-2-1-3-17(18)19)11-22-23-20(25)21-8-13-5-14(9-21)7-15(6-13)10-21/h1-4,11-15H,5-10H2,(H,23,25). The van der Waals surface area contributed by atoms with Crippen molar-refractivity contribution in [3.05, 3.63) is 46.3 Å². The van der Waals surface area contributed by atoms with E-state index in [2.05, 4.69) is 10.5 Å². The predicted octanol–water partition coefficient (Wildman–Crippen LogP) is 3.46.